The maximum atomic E-state index is 4.29. The minimum absolute atomic E-state index is 0.209. The molecule has 0 aromatic carbocycles. The lowest BCUT2D eigenvalue weighted by Crippen LogP contribution is -2.22. The molecule has 17 heavy (non-hydrogen) atoms. The molecule has 2 heteroatoms. The van der Waals surface area contributed by atoms with Crippen LogP contribution in [0.25, 0.3) is 0 Å². The standard InChI is InChI=1S/C15H26N2/c1-4-6-7-8-9-12-15(3,5-2)14-11-10-13-16-17-14/h10-11,13H,4-9,12H2,1-3H3. The highest BCUT2D eigenvalue weighted by atomic mass is 15.1. The quantitative estimate of drug-likeness (QED) is 0.619. The van der Waals surface area contributed by atoms with Crippen LogP contribution in [-0.2, 0) is 5.41 Å². The van der Waals surface area contributed by atoms with Gasteiger partial charge in [-0.15, -0.1) is 0 Å². The van der Waals surface area contributed by atoms with Gasteiger partial charge in [0.2, 0.25) is 0 Å². The first kappa shape index (κ1) is 14.1. The van der Waals surface area contributed by atoms with Crippen molar-refractivity contribution in [2.75, 3.05) is 0 Å². The molecule has 1 unspecified atom stereocenters. The summed E-state index contributed by atoms with van der Waals surface area (Å²) in [6.07, 6.45) is 10.8. The largest absolute Gasteiger partial charge is 0.159 e. The molecular weight excluding hydrogens is 208 g/mol. The molecular formula is C15H26N2. The van der Waals surface area contributed by atoms with Crippen LogP contribution in [0.5, 0.6) is 0 Å². The smallest absolute Gasteiger partial charge is 0.0689 e. The number of rotatable bonds is 8. The molecule has 96 valence electrons. The van der Waals surface area contributed by atoms with Crippen LogP contribution in [0.1, 0.15) is 71.4 Å². The summed E-state index contributed by atoms with van der Waals surface area (Å²) in [5.74, 6) is 0. The highest BCUT2D eigenvalue weighted by Crippen LogP contribution is 2.31. The summed E-state index contributed by atoms with van der Waals surface area (Å²) in [6, 6.07) is 4.11. The van der Waals surface area contributed by atoms with E-state index in [2.05, 4.69) is 37.0 Å². The van der Waals surface area contributed by atoms with Crippen LogP contribution in [-0.4, -0.2) is 10.2 Å². The fourth-order valence-electron chi connectivity index (χ4n) is 2.23. The van der Waals surface area contributed by atoms with E-state index in [4.69, 9.17) is 0 Å². The maximum Gasteiger partial charge on any atom is 0.0689 e. The molecule has 1 aromatic rings. The van der Waals surface area contributed by atoms with Gasteiger partial charge in [0.1, 0.15) is 0 Å². The molecule has 2 nitrogen and oxygen atoms in total. The molecule has 1 aromatic heterocycles. The second kappa shape index (κ2) is 7.41. The van der Waals surface area contributed by atoms with Gasteiger partial charge in [-0.1, -0.05) is 52.9 Å². The Hall–Kier alpha value is -0.920. The number of hydrogen-bond donors (Lipinski definition) is 0. The zero-order chi connectivity index (χ0) is 12.6. The Morgan fingerprint density at radius 2 is 1.88 bits per heavy atom. The van der Waals surface area contributed by atoms with E-state index in [1.807, 2.05) is 6.07 Å². The highest BCUT2D eigenvalue weighted by Gasteiger charge is 2.25. The molecule has 0 aliphatic heterocycles. The van der Waals surface area contributed by atoms with Gasteiger partial charge >= 0.3 is 0 Å². The Balaban J connectivity index is 2.46. The summed E-state index contributed by atoms with van der Waals surface area (Å²) in [4.78, 5) is 0. The van der Waals surface area contributed by atoms with E-state index in [9.17, 15) is 0 Å². The third-order valence-electron chi connectivity index (χ3n) is 3.80. The fourth-order valence-corrected chi connectivity index (χ4v) is 2.23. The van der Waals surface area contributed by atoms with Crippen molar-refractivity contribution in [2.45, 2.75) is 71.1 Å². The first-order valence-corrected chi connectivity index (χ1v) is 7.01. The van der Waals surface area contributed by atoms with Crippen LogP contribution >= 0.6 is 0 Å². The molecule has 0 N–H and O–H groups in total. The van der Waals surface area contributed by atoms with Crippen molar-refractivity contribution in [1.29, 1.82) is 0 Å². The monoisotopic (exact) mass is 234 g/mol. The highest BCUT2D eigenvalue weighted by molar-refractivity contribution is 5.12. The van der Waals surface area contributed by atoms with E-state index < -0.39 is 0 Å². The lowest BCUT2D eigenvalue weighted by Gasteiger charge is -2.27. The van der Waals surface area contributed by atoms with Gasteiger partial charge < -0.3 is 0 Å². The predicted molar refractivity (Wildman–Crippen MR) is 73.1 cm³/mol. The van der Waals surface area contributed by atoms with Crippen molar-refractivity contribution in [2.24, 2.45) is 0 Å². The van der Waals surface area contributed by atoms with Crippen LogP contribution in [0.2, 0.25) is 0 Å². The topological polar surface area (TPSA) is 25.8 Å². The normalized spacial score (nSPS) is 14.5. The first-order chi connectivity index (χ1) is 8.23. The average molecular weight is 234 g/mol. The number of hydrogen-bond acceptors (Lipinski definition) is 2. The predicted octanol–water partition coefficient (Wildman–Crippen LogP) is 4.50. The van der Waals surface area contributed by atoms with Crippen molar-refractivity contribution in [3.8, 4) is 0 Å². The molecule has 0 bridgehead atoms. The molecule has 0 saturated carbocycles. The molecule has 0 fully saturated rings. The molecule has 0 spiro atoms. The molecule has 1 atom stereocenters. The minimum Gasteiger partial charge on any atom is -0.159 e. The van der Waals surface area contributed by atoms with Crippen molar-refractivity contribution >= 4 is 0 Å². The van der Waals surface area contributed by atoms with Crippen LogP contribution in [0.4, 0.5) is 0 Å². The van der Waals surface area contributed by atoms with Crippen molar-refractivity contribution < 1.29 is 0 Å². The number of aromatic nitrogens is 2. The van der Waals surface area contributed by atoms with E-state index >= 15 is 0 Å². The Labute approximate surface area is 106 Å². The fraction of sp³-hybridized carbons (Fsp3) is 0.733. The Kier molecular flexibility index (Phi) is 6.17. The van der Waals surface area contributed by atoms with Gasteiger partial charge in [-0.2, -0.15) is 10.2 Å². The van der Waals surface area contributed by atoms with Gasteiger partial charge in [0.15, 0.2) is 0 Å². The maximum absolute atomic E-state index is 4.29. The molecule has 0 saturated heterocycles. The van der Waals surface area contributed by atoms with Crippen LogP contribution in [0.3, 0.4) is 0 Å². The van der Waals surface area contributed by atoms with E-state index in [0.717, 1.165) is 12.1 Å². The van der Waals surface area contributed by atoms with Gasteiger partial charge in [-0.3, -0.25) is 0 Å². The van der Waals surface area contributed by atoms with Gasteiger partial charge in [0.05, 0.1) is 5.69 Å². The minimum atomic E-state index is 0.209. The SMILES string of the molecule is CCCCCCCC(C)(CC)c1cccnn1. The number of nitrogens with zero attached hydrogens (tertiary/aromatic N) is 2. The summed E-state index contributed by atoms with van der Waals surface area (Å²) in [5.41, 5.74) is 1.36. The summed E-state index contributed by atoms with van der Waals surface area (Å²) in [7, 11) is 0. The van der Waals surface area contributed by atoms with Gasteiger partial charge in [-0.05, 0) is 25.0 Å². The van der Waals surface area contributed by atoms with Crippen LogP contribution in [0.15, 0.2) is 18.3 Å². The van der Waals surface area contributed by atoms with Gasteiger partial charge in [0.25, 0.3) is 0 Å². The summed E-state index contributed by atoms with van der Waals surface area (Å²) >= 11 is 0. The average Bonchev–Trinajstić information content (AvgIpc) is 2.39. The lowest BCUT2D eigenvalue weighted by molar-refractivity contribution is 0.381. The van der Waals surface area contributed by atoms with Gasteiger partial charge in [0, 0.05) is 11.6 Å². The Morgan fingerprint density at radius 1 is 1.12 bits per heavy atom. The van der Waals surface area contributed by atoms with E-state index in [-0.39, 0.29) is 5.41 Å². The first-order valence-electron chi connectivity index (χ1n) is 7.01. The zero-order valence-corrected chi connectivity index (χ0v) is 11.6. The summed E-state index contributed by atoms with van der Waals surface area (Å²) in [5, 5.41) is 8.29. The Morgan fingerprint density at radius 3 is 2.47 bits per heavy atom. The van der Waals surface area contributed by atoms with Crippen molar-refractivity contribution in [3.05, 3.63) is 24.0 Å². The second-order valence-electron chi connectivity index (χ2n) is 5.19. The second-order valence-corrected chi connectivity index (χ2v) is 5.19. The van der Waals surface area contributed by atoms with E-state index in [1.54, 1.807) is 6.20 Å². The lowest BCUT2D eigenvalue weighted by atomic mass is 9.79. The van der Waals surface area contributed by atoms with E-state index in [1.165, 1.54) is 38.5 Å². The van der Waals surface area contributed by atoms with Crippen molar-refractivity contribution in [3.63, 3.8) is 0 Å². The molecule has 1 heterocycles. The zero-order valence-electron chi connectivity index (χ0n) is 11.6. The molecule has 1 rings (SSSR count). The summed E-state index contributed by atoms with van der Waals surface area (Å²) < 4.78 is 0. The third kappa shape index (κ3) is 4.45. The summed E-state index contributed by atoms with van der Waals surface area (Å²) in [6.45, 7) is 6.83. The molecule has 0 aliphatic carbocycles. The van der Waals surface area contributed by atoms with Crippen LogP contribution < -0.4 is 0 Å². The van der Waals surface area contributed by atoms with E-state index in [0.29, 0.717) is 0 Å². The van der Waals surface area contributed by atoms with Gasteiger partial charge in [-0.25, -0.2) is 0 Å². The van der Waals surface area contributed by atoms with Crippen molar-refractivity contribution in [1.82, 2.24) is 10.2 Å². The Bertz CT molecular complexity index is 297. The number of unbranched alkanes of at least 4 members (excludes halogenated alkanes) is 4. The van der Waals surface area contributed by atoms with Crippen LogP contribution in [0, 0.1) is 0 Å². The third-order valence-corrected chi connectivity index (χ3v) is 3.80. The molecule has 0 radical (unpaired) electrons. The molecule has 0 amide bonds. The molecule has 0 aliphatic rings.